The number of hydrogen-bond acceptors (Lipinski definition) is 2. The fraction of sp³-hybridized carbons (Fsp3) is 0. The van der Waals surface area contributed by atoms with Gasteiger partial charge in [-0.25, -0.2) is 8.78 Å². The molecule has 0 aliphatic rings. The van der Waals surface area contributed by atoms with E-state index in [9.17, 15) is 13.6 Å². The Balaban J connectivity index is 2.25. The molecule has 0 aliphatic heterocycles. The molecule has 3 nitrogen and oxygen atoms in total. The Kier molecular flexibility index (Phi) is 3.80. The maximum absolute atomic E-state index is 13.3. The second-order valence-corrected chi connectivity index (χ2v) is 4.67. The lowest BCUT2D eigenvalue weighted by Gasteiger charge is -2.08. The van der Waals surface area contributed by atoms with Crippen molar-refractivity contribution in [2.75, 3.05) is 11.1 Å². The molecule has 0 saturated heterocycles. The van der Waals surface area contributed by atoms with Crippen LogP contribution in [0.1, 0.15) is 10.4 Å². The SMILES string of the molecule is Nc1ccc(F)cc1C(=O)Nc1ccc(Br)c(F)c1. The van der Waals surface area contributed by atoms with Crippen LogP contribution in [0.3, 0.4) is 0 Å². The Bertz CT molecular complexity index is 647. The van der Waals surface area contributed by atoms with Crippen molar-refractivity contribution in [3.8, 4) is 0 Å². The van der Waals surface area contributed by atoms with E-state index in [-0.39, 0.29) is 21.4 Å². The normalized spacial score (nSPS) is 10.3. The number of nitrogen functional groups attached to an aromatic ring is 1. The summed E-state index contributed by atoms with van der Waals surface area (Å²) in [6.07, 6.45) is 0. The number of rotatable bonds is 2. The minimum absolute atomic E-state index is 0.00308. The van der Waals surface area contributed by atoms with E-state index in [1.807, 2.05) is 0 Å². The highest BCUT2D eigenvalue weighted by atomic mass is 79.9. The number of nitrogens with one attached hydrogen (secondary N) is 1. The quantitative estimate of drug-likeness (QED) is 0.829. The molecule has 19 heavy (non-hydrogen) atoms. The predicted octanol–water partition coefficient (Wildman–Crippen LogP) is 3.56. The lowest BCUT2D eigenvalue weighted by atomic mass is 10.1. The third kappa shape index (κ3) is 3.08. The van der Waals surface area contributed by atoms with Crippen molar-refractivity contribution in [1.82, 2.24) is 0 Å². The topological polar surface area (TPSA) is 55.1 Å². The zero-order valence-electron chi connectivity index (χ0n) is 9.58. The number of benzene rings is 2. The highest BCUT2D eigenvalue weighted by molar-refractivity contribution is 9.10. The third-order valence-corrected chi connectivity index (χ3v) is 3.08. The molecule has 2 aromatic carbocycles. The van der Waals surface area contributed by atoms with Crippen LogP contribution in [0.2, 0.25) is 0 Å². The van der Waals surface area contributed by atoms with E-state index in [1.165, 1.54) is 18.2 Å². The van der Waals surface area contributed by atoms with Gasteiger partial charge in [0.05, 0.1) is 10.0 Å². The minimum Gasteiger partial charge on any atom is -0.398 e. The average molecular weight is 327 g/mol. The van der Waals surface area contributed by atoms with Gasteiger partial charge in [0.2, 0.25) is 0 Å². The number of halogens is 3. The molecule has 0 fully saturated rings. The first-order valence-corrected chi connectivity index (χ1v) is 6.08. The van der Waals surface area contributed by atoms with Crippen LogP contribution < -0.4 is 11.1 Å². The molecule has 1 amide bonds. The summed E-state index contributed by atoms with van der Waals surface area (Å²) in [6, 6.07) is 7.61. The van der Waals surface area contributed by atoms with E-state index in [0.29, 0.717) is 0 Å². The fourth-order valence-electron chi connectivity index (χ4n) is 1.50. The summed E-state index contributed by atoms with van der Waals surface area (Å²) in [5.74, 6) is -1.68. The molecule has 6 heteroatoms. The molecular weight excluding hydrogens is 318 g/mol. The summed E-state index contributed by atoms with van der Waals surface area (Å²) in [6.45, 7) is 0. The molecule has 2 rings (SSSR count). The fourth-order valence-corrected chi connectivity index (χ4v) is 1.74. The van der Waals surface area contributed by atoms with E-state index in [0.717, 1.165) is 18.2 Å². The van der Waals surface area contributed by atoms with E-state index in [2.05, 4.69) is 21.2 Å². The molecule has 0 spiro atoms. The highest BCUT2D eigenvalue weighted by Crippen LogP contribution is 2.21. The first-order chi connectivity index (χ1) is 8.97. The first kappa shape index (κ1) is 13.5. The number of hydrogen-bond donors (Lipinski definition) is 2. The maximum Gasteiger partial charge on any atom is 0.257 e. The molecular formula is C13H9BrF2N2O. The summed E-state index contributed by atoms with van der Waals surface area (Å²) < 4.78 is 26.6. The third-order valence-electron chi connectivity index (χ3n) is 2.44. The van der Waals surface area contributed by atoms with Crippen LogP contribution >= 0.6 is 15.9 Å². The largest absolute Gasteiger partial charge is 0.398 e. The van der Waals surface area contributed by atoms with Crippen molar-refractivity contribution in [2.45, 2.75) is 0 Å². The first-order valence-electron chi connectivity index (χ1n) is 5.29. The maximum atomic E-state index is 13.3. The van der Waals surface area contributed by atoms with Gasteiger partial charge in [0, 0.05) is 11.4 Å². The van der Waals surface area contributed by atoms with Crippen LogP contribution in [0.4, 0.5) is 20.2 Å². The number of nitrogens with two attached hydrogens (primary N) is 1. The van der Waals surface area contributed by atoms with Gasteiger partial charge in [-0.1, -0.05) is 0 Å². The molecule has 0 aliphatic carbocycles. The van der Waals surface area contributed by atoms with Crippen LogP contribution in [0.25, 0.3) is 0 Å². The van der Waals surface area contributed by atoms with Crippen molar-refractivity contribution in [3.05, 3.63) is 58.1 Å². The molecule has 0 saturated carbocycles. The summed E-state index contributed by atoms with van der Waals surface area (Å²) in [5.41, 5.74) is 6.00. The molecule has 3 N–H and O–H groups in total. The van der Waals surface area contributed by atoms with E-state index in [4.69, 9.17) is 5.73 Å². The molecule has 2 aromatic rings. The van der Waals surface area contributed by atoms with Crippen LogP contribution in [-0.4, -0.2) is 5.91 Å². The van der Waals surface area contributed by atoms with E-state index in [1.54, 1.807) is 0 Å². The van der Waals surface area contributed by atoms with Crippen LogP contribution in [0.5, 0.6) is 0 Å². The standard InChI is InChI=1S/C13H9BrF2N2O/c14-10-3-2-8(6-11(10)16)18-13(19)9-5-7(15)1-4-12(9)17/h1-6H,17H2,(H,18,19). The van der Waals surface area contributed by atoms with Crippen LogP contribution in [0, 0.1) is 11.6 Å². The Morgan fingerprint density at radius 3 is 2.58 bits per heavy atom. The lowest BCUT2D eigenvalue weighted by Crippen LogP contribution is -2.14. The Morgan fingerprint density at radius 2 is 1.89 bits per heavy atom. The second kappa shape index (κ2) is 5.36. The molecule has 0 bridgehead atoms. The number of anilines is 2. The smallest absolute Gasteiger partial charge is 0.257 e. The molecule has 0 unspecified atom stereocenters. The summed E-state index contributed by atoms with van der Waals surface area (Å²) in [5, 5.41) is 2.45. The van der Waals surface area contributed by atoms with Gasteiger partial charge in [-0.2, -0.15) is 0 Å². The Morgan fingerprint density at radius 1 is 1.16 bits per heavy atom. The highest BCUT2D eigenvalue weighted by Gasteiger charge is 2.12. The van der Waals surface area contributed by atoms with Gasteiger partial charge in [0.1, 0.15) is 11.6 Å². The van der Waals surface area contributed by atoms with Gasteiger partial charge in [-0.05, 0) is 52.3 Å². The summed E-state index contributed by atoms with van der Waals surface area (Å²) in [4.78, 5) is 11.9. The molecule has 0 atom stereocenters. The lowest BCUT2D eigenvalue weighted by molar-refractivity contribution is 0.102. The molecule has 0 heterocycles. The van der Waals surface area contributed by atoms with Gasteiger partial charge in [0.25, 0.3) is 5.91 Å². The van der Waals surface area contributed by atoms with Gasteiger partial charge in [-0.3, -0.25) is 4.79 Å². The molecule has 98 valence electrons. The number of carbonyl (C=O) groups is 1. The monoisotopic (exact) mass is 326 g/mol. The van der Waals surface area contributed by atoms with Crippen molar-refractivity contribution in [1.29, 1.82) is 0 Å². The van der Waals surface area contributed by atoms with Gasteiger partial charge in [-0.15, -0.1) is 0 Å². The summed E-state index contributed by atoms with van der Waals surface area (Å²) >= 11 is 3.00. The van der Waals surface area contributed by atoms with Crippen LogP contribution in [-0.2, 0) is 0 Å². The van der Waals surface area contributed by atoms with Crippen molar-refractivity contribution < 1.29 is 13.6 Å². The summed E-state index contributed by atoms with van der Waals surface area (Å²) in [7, 11) is 0. The number of amides is 1. The Labute approximate surface area is 116 Å². The molecule has 0 radical (unpaired) electrons. The van der Waals surface area contributed by atoms with Crippen molar-refractivity contribution >= 4 is 33.2 Å². The van der Waals surface area contributed by atoms with Crippen molar-refractivity contribution in [3.63, 3.8) is 0 Å². The minimum atomic E-state index is -0.598. The average Bonchev–Trinajstić information content (AvgIpc) is 2.36. The van der Waals surface area contributed by atoms with E-state index >= 15 is 0 Å². The second-order valence-electron chi connectivity index (χ2n) is 3.81. The number of carbonyl (C=O) groups excluding carboxylic acids is 1. The van der Waals surface area contributed by atoms with Gasteiger partial charge in [0.15, 0.2) is 0 Å². The Hall–Kier alpha value is -1.95. The van der Waals surface area contributed by atoms with Crippen molar-refractivity contribution in [2.24, 2.45) is 0 Å². The van der Waals surface area contributed by atoms with Crippen LogP contribution in [0.15, 0.2) is 40.9 Å². The zero-order valence-corrected chi connectivity index (χ0v) is 11.2. The molecule has 0 aromatic heterocycles. The zero-order chi connectivity index (χ0) is 14.0. The predicted molar refractivity (Wildman–Crippen MR) is 72.9 cm³/mol. The van der Waals surface area contributed by atoms with E-state index < -0.39 is 17.5 Å². The van der Waals surface area contributed by atoms with Gasteiger partial charge >= 0.3 is 0 Å². The van der Waals surface area contributed by atoms with Gasteiger partial charge < -0.3 is 11.1 Å².